The molecule has 1 heterocycles. The van der Waals surface area contributed by atoms with Crippen LogP contribution in [0.2, 0.25) is 5.02 Å². The average molecular weight is 460 g/mol. The van der Waals surface area contributed by atoms with Gasteiger partial charge in [0.1, 0.15) is 5.76 Å². The van der Waals surface area contributed by atoms with Crippen molar-refractivity contribution in [3.8, 4) is 0 Å². The van der Waals surface area contributed by atoms with E-state index in [4.69, 9.17) is 11.6 Å². The molecule has 1 saturated heterocycles. The van der Waals surface area contributed by atoms with Crippen molar-refractivity contribution < 1.29 is 14.7 Å². The number of benzene rings is 3. The van der Waals surface area contributed by atoms with E-state index in [1.807, 2.05) is 55.5 Å². The molecule has 1 aliphatic rings. The van der Waals surface area contributed by atoms with Crippen molar-refractivity contribution in [2.24, 2.45) is 0 Å². The predicted molar refractivity (Wildman–Crippen MR) is 133 cm³/mol. The maximum Gasteiger partial charge on any atom is 0.300 e. The monoisotopic (exact) mass is 459 g/mol. The van der Waals surface area contributed by atoms with Crippen LogP contribution in [0.15, 0.2) is 78.4 Å². The number of carbonyl (C=O) groups excluding carboxylic acids is 2. The number of Topliss-reactive ketones (excluding diaryl/α,β-unsaturated/α-hetero) is 1. The van der Waals surface area contributed by atoms with Crippen molar-refractivity contribution in [2.75, 3.05) is 4.90 Å². The van der Waals surface area contributed by atoms with Crippen molar-refractivity contribution in [2.45, 2.75) is 39.2 Å². The van der Waals surface area contributed by atoms with Gasteiger partial charge in [-0.15, -0.1) is 0 Å². The molecule has 1 N–H and O–H groups in total. The average Bonchev–Trinajstić information content (AvgIpc) is 3.04. The number of aryl methyl sites for hydroxylation is 1. The summed E-state index contributed by atoms with van der Waals surface area (Å²) in [4.78, 5) is 28.0. The maximum atomic E-state index is 13.3. The first-order chi connectivity index (χ1) is 15.6. The van der Waals surface area contributed by atoms with Gasteiger partial charge >= 0.3 is 0 Å². The Labute approximate surface area is 199 Å². The van der Waals surface area contributed by atoms with Gasteiger partial charge in [0.15, 0.2) is 0 Å². The first-order valence-electron chi connectivity index (χ1n) is 10.8. The maximum absolute atomic E-state index is 13.3. The molecule has 1 fully saturated rings. The molecule has 0 spiro atoms. The summed E-state index contributed by atoms with van der Waals surface area (Å²) in [5.74, 6) is -1.59. The molecule has 1 atom stereocenters. The van der Waals surface area contributed by atoms with Gasteiger partial charge in [0.25, 0.3) is 11.7 Å². The van der Waals surface area contributed by atoms with Crippen molar-refractivity contribution in [3.05, 3.63) is 106 Å². The lowest BCUT2D eigenvalue weighted by Crippen LogP contribution is -2.29. The Kier molecular flexibility index (Phi) is 5.89. The van der Waals surface area contributed by atoms with Crippen LogP contribution < -0.4 is 4.90 Å². The van der Waals surface area contributed by atoms with E-state index in [1.54, 1.807) is 24.3 Å². The summed E-state index contributed by atoms with van der Waals surface area (Å²) in [6.07, 6.45) is 0. The Morgan fingerprint density at radius 2 is 1.64 bits per heavy atom. The number of carbonyl (C=O) groups is 2. The zero-order chi connectivity index (χ0) is 23.9. The second-order valence-corrected chi connectivity index (χ2v) is 9.78. The van der Waals surface area contributed by atoms with E-state index in [0.717, 1.165) is 16.7 Å². The van der Waals surface area contributed by atoms with Crippen LogP contribution in [0.5, 0.6) is 0 Å². The quantitative estimate of drug-likeness (QED) is 0.273. The summed E-state index contributed by atoms with van der Waals surface area (Å²) in [6, 6.07) is 21.2. The molecular weight excluding hydrogens is 434 g/mol. The predicted octanol–water partition coefficient (Wildman–Crippen LogP) is 6.57. The van der Waals surface area contributed by atoms with Crippen LogP contribution in [-0.2, 0) is 15.0 Å². The third-order valence-electron chi connectivity index (χ3n) is 6.00. The summed E-state index contributed by atoms with van der Waals surface area (Å²) in [7, 11) is 0. The number of nitrogens with zero attached hydrogens (tertiary/aromatic N) is 1. The highest BCUT2D eigenvalue weighted by molar-refractivity contribution is 6.51. The number of amides is 1. The van der Waals surface area contributed by atoms with Gasteiger partial charge in [-0.2, -0.15) is 0 Å². The Bertz CT molecular complexity index is 1270. The Morgan fingerprint density at radius 3 is 2.27 bits per heavy atom. The number of rotatable bonds is 3. The molecule has 0 bridgehead atoms. The van der Waals surface area contributed by atoms with E-state index >= 15 is 0 Å². The van der Waals surface area contributed by atoms with Crippen LogP contribution in [0.1, 0.15) is 49.1 Å². The van der Waals surface area contributed by atoms with E-state index in [-0.39, 0.29) is 16.7 Å². The third-order valence-corrected chi connectivity index (χ3v) is 6.24. The van der Waals surface area contributed by atoms with Crippen molar-refractivity contribution in [1.82, 2.24) is 0 Å². The Balaban J connectivity index is 1.98. The van der Waals surface area contributed by atoms with Crippen LogP contribution in [0, 0.1) is 6.92 Å². The number of anilines is 1. The SMILES string of the molecule is Cc1ccc(C(C)(C)C)cc1/C(O)=C1\C(=O)C(=O)N(c2cccc(Cl)c2)C1c1ccccc1. The van der Waals surface area contributed by atoms with Crippen molar-refractivity contribution in [3.63, 3.8) is 0 Å². The van der Waals surface area contributed by atoms with Crippen molar-refractivity contribution >= 4 is 34.7 Å². The highest BCUT2D eigenvalue weighted by Gasteiger charge is 2.47. The molecule has 1 unspecified atom stereocenters. The van der Waals surface area contributed by atoms with E-state index in [1.165, 1.54) is 4.90 Å². The smallest absolute Gasteiger partial charge is 0.300 e. The Hall–Kier alpha value is -3.37. The molecule has 3 aromatic rings. The van der Waals surface area contributed by atoms with Crippen LogP contribution >= 0.6 is 11.6 Å². The molecule has 168 valence electrons. The highest BCUT2D eigenvalue weighted by Crippen LogP contribution is 2.43. The lowest BCUT2D eigenvalue weighted by atomic mass is 9.84. The summed E-state index contributed by atoms with van der Waals surface area (Å²) in [6.45, 7) is 8.14. The molecule has 4 rings (SSSR count). The fourth-order valence-electron chi connectivity index (χ4n) is 4.16. The van der Waals surface area contributed by atoms with Crippen LogP contribution in [-0.4, -0.2) is 16.8 Å². The summed E-state index contributed by atoms with van der Waals surface area (Å²) in [5.41, 5.74) is 3.54. The molecule has 1 amide bonds. The molecule has 0 aliphatic carbocycles. The van der Waals surface area contributed by atoms with Gasteiger partial charge in [-0.3, -0.25) is 14.5 Å². The molecule has 5 heteroatoms. The van der Waals surface area contributed by atoms with E-state index in [0.29, 0.717) is 16.3 Å². The number of halogens is 1. The number of aliphatic hydroxyl groups is 1. The molecule has 0 aromatic heterocycles. The number of aliphatic hydroxyl groups excluding tert-OH is 1. The van der Waals surface area contributed by atoms with Gasteiger partial charge in [-0.1, -0.05) is 80.9 Å². The fraction of sp³-hybridized carbons (Fsp3) is 0.214. The summed E-state index contributed by atoms with van der Waals surface area (Å²) < 4.78 is 0. The first kappa shape index (κ1) is 22.8. The summed E-state index contributed by atoms with van der Waals surface area (Å²) >= 11 is 6.19. The van der Waals surface area contributed by atoms with E-state index in [9.17, 15) is 14.7 Å². The zero-order valence-electron chi connectivity index (χ0n) is 19.1. The minimum absolute atomic E-state index is 0.0698. The second kappa shape index (κ2) is 8.53. The van der Waals surface area contributed by atoms with Gasteiger partial charge in [-0.25, -0.2) is 0 Å². The molecule has 3 aromatic carbocycles. The van der Waals surface area contributed by atoms with Crippen LogP contribution in [0.25, 0.3) is 5.76 Å². The third kappa shape index (κ3) is 4.19. The minimum atomic E-state index is -0.776. The lowest BCUT2D eigenvalue weighted by Gasteiger charge is -2.26. The van der Waals surface area contributed by atoms with Crippen molar-refractivity contribution in [1.29, 1.82) is 0 Å². The highest BCUT2D eigenvalue weighted by atomic mass is 35.5. The van der Waals surface area contributed by atoms with Crippen LogP contribution in [0.4, 0.5) is 5.69 Å². The number of hydrogen-bond donors (Lipinski definition) is 1. The topological polar surface area (TPSA) is 57.6 Å². The zero-order valence-corrected chi connectivity index (χ0v) is 19.9. The van der Waals surface area contributed by atoms with Gasteiger partial charge < -0.3 is 5.11 Å². The fourth-order valence-corrected chi connectivity index (χ4v) is 4.35. The molecule has 0 radical (unpaired) electrons. The second-order valence-electron chi connectivity index (χ2n) is 9.34. The molecule has 1 aliphatic heterocycles. The van der Waals surface area contributed by atoms with Gasteiger partial charge in [0.05, 0.1) is 11.6 Å². The lowest BCUT2D eigenvalue weighted by molar-refractivity contribution is -0.132. The van der Waals surface area contributed by atoms with E-state index < -0.39 is 17.7 Å². The number of hydrogen-bond acceptors (Lipinski definition) is 3. The number of ketones is 1. The molecule has 0 saturated carbocycles. The molecular formula is C28H26ClNO3. The van der Waals surface area contributed by atoms with Gasteiger partial charge in [-0.05, 0) is 53.3 Å². The van der Waals surface area contributed by atoms with Gasteiger partial charge in [0.2, 0.25) is 0 Å². The van der Waals surface area contributed by atoms with E-state index in [2.05, 4.69) is 20.8 Å². The minimum Gasteiger partial charge on any atom is -0.507 e. The Morgan fingerprint density at radius 1 is 0.939 bits per heavy atom. The largest absolute Gasteiger partial charge is 0.507 e. The standard InChI is InChI=1S/C28H26ClNO3/c1-17-13-14-19(28(2,3)4)15-22(17)25(31)23-24(18-9-6-5-7-10-18)30(27(33)26(23)32)21-12-8-11-20(29)16-21/h5-16,24,31H,1-4H3/b25-23+. The first-order valence-corrected chi connectivity index (χ1v) is 11.2. The van der Waals surface area contributed by atoms with Gasteiger partial charge in [0, 0.05) is 16.3 Å². The normalized spacial score (nSPS) is 18.1. The molecule has 33 heavy (non-hydrogen) atoms. The molecule has 4 nitrogen and oxygen atoms in total. The van der Waals surface area contributed by atoms with Crippen LogP contribution in [0.3, 0.4) is 0 Å². The summed E-state index contributed by atoms with van der Waals surface area (Å²) in [5, 5.41) is 11.9.